The van der Waals surface area contributed by atoms with Crippen molar-refractivity contribution in [3.63, 3.8) is 0 Å². The van der Waals surface area contributed by atoms with E-state index in [0.29, 0.717) is 19.1 Å². The highest BCUT2D eigenvalue weighted by Crippen LogP contribution is 2.09. The van der Waals surface area contributed by atoms with Crippen LogP contribution >= 0.6 is 0 Å². The molecule has 4 heteroatoms. The van der Waals surface area contributed by atoms with E-state index in [-0.39, 0.29) is 12.0 Å². The number of esters is 1. The van der Waals surface area contributed by atoms with Gasteiger partial charge >= 0.3 is 5.97 Å². The van der Waals surface area contributed by atoms with Crippen LogP contribution in [-0.4, -0.2) is 37.9 Å². The first-order chi connectivity index (χ1) is 7.31. The number of methoxy groups -OCH3 is 1. The predicted molar refractivity (Wildman–Crippen MR) is 64.3 cm³/mol. The Morgan fingerprint density at radius 1 is 1.31 bits per heavy atom. The Morgan fingerprint density at radius 3 is 2.25 bits per heavy atom. The zero-order valence-electron chi connectivity index (χ0n) is 11.3. The second-order valence-corrected chi connectivity index (χ2v) is 5.03. The molecule has 0 aliphatic rings. The summed E-state index contributed by atoms with van der Waals surface area (Å²) in [5, 5.41) is 3.18. The lowest BCUT2D eigenvalue weighted by Gasteiger charge is -2.30. The molecule has 0 radical (unpaired) electrons. The zero-order chi connectivity index (χ0) is 12.8. The molecular weight excluding hydrogens is 206 g/mol. The fraction of sp³-hybridized carbons (Fsp3) is 0.917. The largest absolute Gasteiger partial charge is 0.468 e. The lowest BCUT2D eigenvalue weighted by Crippen LogP contribution is -2.56. The van der Waals surface area contributed by atoms with E-state index < -0.39 is 5.54 Å². The molecule has 0 aliphatic carbocycles. The molecule has 1 unspecified atom stereocenters. The van der Waals surface area contributed by atoms with Gasteiger partial charge in [-0.25, -0.2) is 4.79 Å². The van der Waals surface area contributed by atoms with Crippen LogP contribution in [0.4, 0.5) is 0 Å². The van der Waals surface area contributed by atoms with Gasteiger partial charge in [-0.05, 0) is 26.7 Å². The lowest BCUT2D eigenvalue weighted by molar-refractivity contribution is -0.151. The van der Waals surface area contributed by atoms with Gasteiger partial charge in [-0.3, -0.25) is 5.32 Å². The first-order valence-corrected chi connectivity index (χ1v) is 5.75. The fourth-order valence-corrected chi connectivity index (χ4v) is 1.52. The van der Waals surface area contributed by atoms with Gasteiger partial charge in [-0.1, -0.05) is 13.8 Å². The van der Waals surface area contributed by atoms with Crippen molar-refractivity contribution < 1.29 is 14.3 Å². The highest BCUT2D eigenvalue weighted by molar-refractivity contribution is 5.80. The van der Waals surface area contributed by atoms with E-state index in [1.54, 1.807) is 6.92 Å². The predicted octanol–water partition coefficient (Wildman–Crippen LogP) is 1.59. The average molecular weight is 231 g/mol. The van der Waals surface area contributed by atoms with Crippen LogP contribution < -0.4 is 5.32 Å². The molecule has 0 saturated heterocycles. The monoisotopic (exact) mass is 231 g/mol. The number of hydrogen-bond acceptors (Lipinski definition) is 4. The van der Waals surface area contributed by atoms with Crippen LogP contribution in [-0.2, 0) is 14.3 Å². The first-order valence-electron chi connectivity index (χ1n) is 5.75. The topological polar surface area (TPSA) is 47.6 Å². The van der Waals surface area contributed by atoms with Crippen molar-refractivity contribution in [2.24, 2.45) is 5.92 Å². The molecule has 0 fully saturated rings. The standard InChI is InChI=1S/C12H25NO3/c1-9(2)7-16-8-12(5,11(14)15-6)13-10(3)4/h9-10,13H,7-8H2,1-6H3. The van der Waals surface area contributed by atoms with Gasteiger partial charge in [0.15, 0.2) is 0 Å². The summed E-state index contributed by atoms with van der Waals surface area (Å²) < 4.78 is 10.3. The van der Waals surface area contributed by atoms with E-state index in [1.807, 2.05) is 13.8 Å². The third-order valence-electron chi connectivity index (χ3n) is 2.09. The van der Waals surface area contributed by atoms with Crippen molar-refractivity contribution in [1.29, 1.82) is 0 Å². The highest BCUT2D eigenvalue weighted by atomic mass is 16.5. The van der Waals surface area contributed by atoms with Gasteiger partial charge in [-0.15, -0.1) is 0 Å². The number of rotatable bonds is 7. The first kappa shape index (κ1) is 15.4. The molecule has 0 aromatic heterocycles. The molecule has 0 saturated carbocycles. The maximum Gasteiger partial charge on any atom is 0.328 e. The summed E-state index contributed by atoms with van der Waals surface area (Å²) >= 11 is 0. The van der Waals surface area contributed by atoms with Gasteiger partial charge in [0.25, 0.3) is 0 Å². The smallest absolute Gasteiger partial charge is 0.328 e. The number of hydrogen-bond donors (Lipinski definition) is 1. The summed E-state index contributed by atoms with van der Waals surface area (Å²) in [5.74, 6) is 0.172. The molecule has 0 rings (SSSR count). The van der Waals surface area contributed by atoms with E-state index >= 15 is 0 Å². The number of ether oxygens (including phenoxy) is 2. The number of carbonyl (C=O) groups is 1. The quantitative estimate of drug-likeness (QED) is 0.676. The summed E-state index contributed by atoms with van der Waals surface area (Å²) in [6.45, 7) is 10.9. The third-order valence-corrected chi connectivity index (χ3v) is 2.09. The molecule has 96 valence electrons. The molecule has 4 nitrogen and oxygen atoms in total. The van der Waals surface area contributed by atoms with Crippen molar-refractivity contribution in [2.45, 2.75) is 46.2 Å². The van der Waals surface area contributed by atoms with Crippen LogP contribution in [0.15, 0.2) is 0 Å². The summed E-state index contributed by atoms with van der Waals surface area (Å²) in [5.41, 5.74) is -0.766. The van der Waals surface area contributed by atoms with Gasteiger partial charge in [0.05, 0.1) is 13.7 Å². The van der Waals surface area contributed by atoms with Crippen LogP contribution in [0.3, 0.4) is 0 Å². The number of carbonyl (C=O) groups excluding carboxylic acids is 1. The molecule has 0 bridgehead atoms. The SMILES string of the molecule is COC(=O)C(C)(COCC(C)C)NC(C)C. The van der Waals surface area contributed by atoms with Gasteiger partial charge in [0.2, 0.25) is 0 Å². The molecule has 0 amide bonds. The lowest BCUT2D eigenvalue weighted by atomic mass is 10.0. The molecule has 0 heterocycles. The van der Waals surface area contributed by atoms with Crippen LogP contribution in [0.2, 0.25) is 0 Å². The Balaban J connectivity index is 4.36. The molecule has 0 aromatic carbocycles. The molecule has 0 aliphatic heterocycles. The van der Waals surface area contributed by atoms with Crippen LogP contribution in [0.1, 0.15) is 34.6 Å². The molecule has 16 heavy (non-hydrogen) atoms. The highest BCUT2D eigenvalue weighted by Gasteiger charge is 2.35. The Bertz CT molecular complexity index is 216. The Morgan fingerprint density at radius 2 is 1.88 bits per heavy atom. The molecule has 1 atom stereocenters. The van der Waals surface area contributed by atoms with Gasteiger partial charge < -0.3 is 9.47 Å². The Labute approximate surface area is 98.7 Å². The second kappa shape index (κ2) is 6.86. The third kappa shape index (κ3) is 5.47. The molecule has 1 N–H and O–H groups in total. The van der Waals surface area contributed by atoms with Crippen molar-refractivity contribution in [2.75, 3.05) is 20.3 Å². The fourth-order valence-electron chi connectivity index (χ4n) is 1.52. The van der Waals surface area contributed by atoms with E-state index in [2.05, 4.69) is 19.2 Å². The van der Waals surface area contributed by atoms with E-state index in [9.17, 15) is 4.79 Å². The van der Waals surface area contributed by atoms with Crippen LogP contribution in [0.25, 0.3) is 0 Å². The second-order valence-electron chi connectivity index (χ2n) is 5.03. The maximum absolute atomic E-state index is 11.7. The van der Waals surface area contributed by atoms with Crippen molar-refractivity contribution >= 4 is 5.97 Å². The van der Waals surface area contributed by atoms with Gasteiger partial charge in [0.1, 0.15) is 5.54 Å². The Hall–Kier alpha value is -0.610. The molecular formula is C12H25NO3. The normalized spacial score (nSPS) is 15.2. The molecule has 0 aromatic rings. The summed E-state index contributed by atoms with van der Waals surface area (Å²) in [6, 6.07) is 0.201. The van der Waals surface area contributed by atoms with Gasteiger partial charge in [0, 0.05) is 12.6 Å². The van der Waals surface area contributed by atoms with Crippen LogP contribution in [0.5, 0.6) is 0 Å². The summed E-state index contributed by atoms with van der Waals surface area (Å²) in [6.07, 6.45) is 0. The van der Waals surface area contributed by atoms with E-state index in [0.717, 1.165) is 0 Å². The minimum absolute atomic E-state index is 0.201. The minimum atomic E-state index is -0.766. The van der Waals surface area contributed by atoms with E-state index in [1.165, 1.54) is 7.11 Å². The van der Waals surface area contributed by atoms with Crippen molar-refractivity contribution in [3.05, 3.63) is 0 Å². The average Bonchev–Trinajstić information content (AvgIpc) is 2.14. The Kier molecular flexibility index (Phi) is 6.60. The molecule has 0 spiro atoms. The maximum atomic E-state index is 11.7. The zero-order valence-corrected chi connectivity index (χ0v) is 11.3. The number of nitrogens with one attached hydrogen (secondary N) is 1. The van der Waals surface area contributed by atoms with Crippen molar-refractivity contribution in [3.8, 4) is 0 Å². The summed E-state index contributed by atoms with van der Waals surface area (Å²) in [7, 11) is 1.39. The van der Waals surface area contributed by atoms with Crippen molar-refractivity contribution in [1.82, 2.24) is 5.32 Å². The minimum Gasteiger partial charge on any atom is -0.468 e. The van der Waals surface area contributed by atoms with E-state index in [4.69, 9.17) is 9.47 Å². The summed E-state index contributed by atoms with van der Waals surface area (Å²) in [4.78, 5) is 11.7. The van der Waals surface area contributed by atoms with Gasteiger partial charge in [-0.2, -0.15) is 0 Å². The van der Waals surface area contributed by atoms with Crippen LogP contribution in [0, 0.1) is 5.92 Å².